The number of aryl methyl sites for hydroxylation is 1. The molecule has 2 aromatic carbocycles. The first kappa shape index (κ1) is 19.2. The van der Waals surface area contributed by atoms with Crippen LogP contribution < -0.4 is 4.74 Å². The second-order valence-electron chi connectivity index (χ2n) is 5.44. The van der Waals surface area contributed by atoms with E-state index in [4.69, 9.17) is 11.6 Å². The highest BCUT2D eigenvalue weighted by molar-refractivity contribution is 7.99. The molecule has 0 fully saturated rings. The van der Waals surface area contributed by atoms with E-state index in [2.05, 4.69) is 20.3 Å². The third-order valence-electron chi connectivity index (χ3n) is 3.50. The Morgan fingerprint density at radius 2 is 2.00 bits per heavy atom. The van der Waals surface area contributed by atoms with Crippen LogP contribution in [-0.2, 0) is 0 Å². The van der Waals surface area contributed by atoms with E-state index >= 15 is 0 Å². The summed E-state index contributed by atoms with van der Waals surface area (Å²) in [6.45, 7) is -1.25. The van der Waals surface area contributed by atoms with Gasteiger partial charge in [0.05, 0.1) is 17.0 Å². The molecule has 6 nitrogen and oxygen atoms in total. The fraction of sp³-hybridized carbons (Fsp3) is 0.176. The van der Waals surface area contributed by atoms with Gasteiger partial charge in [-0.25, -0.2) is 0 Å². The number of aromatic nitrogens is 4. The van der Waals surface area contributed by atoms with Crippen molar-refractivity contribution in [1.29, 1.82) is 0 Å². The van der Waals surface area contributed by atoms with Crippen LogP contribution in [0, 0.1) is 6.92 Å². The number of alkyl halides is 2. The van der Waals surface area contributed by atoms with Crippen molar-refractivity contribution in [3.05, 3.63) is 58.6 Å². The number of carbonyl (C=O) groups is 1. The summed E-state index contributed by atoms with van der Waals surface area (Å²) in [6.07, 6.45) is 0. The zero-order chi connectivity index (χ0) is 19.4. The highest BCUT2D eigenvalue weighted by Crippen LogP contribution is 2.26. The molecule has 140 valence electrons. The lowest BCUT2D eigenvalue weighted by atomic mass is 10.1. The average molecular weight is 411 g/mol. The van der Waals surface area contributed by atoms with Crippen molar-refractivity contribution < 1.29 is 18.3 Å². The Kier molecular flexibility index (Phi) is 6.02. The molecule has 0 aliphatic heterocycles. The van der Waals surface area contributed by atoms with Crippen molar-refractivity contribution in [2.75, 3.05) is 5.75 Å². The first-order valence-corrected chi connectivity index (χ1v) is 9.06. The molecule has 0 saturated carbocycles. The van der Waals surface area contributed by atoms with E-state index in [1.807, 2.05) is 0 Å². The number of nitrogens with zero attached hydrogens (tertiary/aromatic N) is 4. The quantitative estimate of drug-likeness (QED) is 0.429. The highest BCUT2D eigenvalue weighted by Gasteiger charge is 2.18. The first-order valence-electron chi connectivity index (χ1n) is 7.70. The van der Waals surface area contributed by atoms with Crippen LogP contribution in [0.4, 0.5) is 8.78 Å². The molecule has 10 heteroatoms. The summed E-state index contributed by atoms with van der Waals surface area (Å²) in [7, 11) is 0. The van der Waals surface area contributed by atoms with Crippen LogP contribution in [0.25, 0.3) is 5.69 Å². The molecule has 1 aromatic heterocycles. The fourth-order valence-electron chi connectivity index (χ4n) is 2.28. The molecule has 0 aliphatic rings. The highest BCUT2D eigenvalue weighted by atomic mass is 35.5. The Labute approximate surface area is 162 Å². The molecular weight excluding hydrogens is 398 g/mol. The lowest BCUT2D eigenvalue weighted by Gasteiger charge is -2.10. The summed E-state index contributed by atoms with van der Waals surface area (Å²) in [5.74, 6) is -0.569. The third kappa shape index (κ3) is 4.81. The Morgan fingerprint density at radius 3 is 2.70 bits per heavy atom. The molecule has 27 heavy (non-hydrogen) atoms. The Hall–Kier alpha value is -2.52. The van der Waals surface area contributed by atoms with E-state index < -0.39 is 6.61 Å². The average Bonchev–Trinajstić information content (AvgIpc) is 3.10. The zero-order valence-corrected chi connectivity index (χ0v) is 15.5. The molecule has 0 atom stereocenters. The number of benzene rings is 2. The number of ketones is 1. The van der Waals surface area contributed by atoms with Gasteiger partial charge in [-0.3, -0.25) is 4.79 Å². The van der Waals surface area contributed by atoms with Gasteiger partial charge >= 0.3 is 6.61 Å². The van der Waals surface area contributed by atoms with Gasteiger partial charge in [-0.05, 0) is 53.7 Å². The minimum atomic E-state index is -3.01. The molecular formula is C17H13ClF2N4O2S. The van der Waals surface area contributed by atoms with Crippen LogP contribution in [0.3, 0.4) is 0 Å². The van der Waals surface area contributed by atoms with Crippen molar-refractivity contribution >= 4 is 29.1 Å². The molecule has 3 aromatic rings. The number of ether oxygens (including phenoxy) is 1. The number of rotatable bonds is 7. The Morgan fingerprint density at radius 1 is 1.26 bits per heavy atom. The van der Waals surface area contributed by atoms with E-state index in [-0.39, 0.29) is 22.8 Å². The monoisotopic (exact) mass is 410 g/mol. The zero-order valence-electron chi connectivity index (χ0n) is 14.0. The van der Waals surface area contributed by atoms with Gasteiger partial charge < -0.3 is 4.74 Å². The van der Waals surface area contributed by atoms with E-state index in [9.17, 15) is 13.6 Å². The number of Topliss-reactive ketones (excluding diaryl/α,β-unsaturated/α-hetero) is 1. The molecule has 0 radical (unpaired) electrons. The smallest absolute Gasteiger partial charge is 0.387 e. The summed E-state index contributed by atoms with van der Waals surface area (Å²) in [5.41, 5.74) is 1.53. The maximum atomic E-state index is 12.6. The number of thioether (sulfide) groups is 1. The van der Waals surface area contributed by atoms with Gasteiger partial charge in [0.2, 0.25) is 5.16 Å². The summed E-state index contributed by atoms with van der Waals surface area (Å²) in [6, 6.07) is 11.3. The number of hydrogen-bond acceptors (Lipinski definition) is 6. The van der Waals surface area contributed by atoms with Gasteiger partial charge in [-0.2, -0.15) is 13.5 Å². The van der Waals surface area contributed by atoms with Gasteiger partial charge in [0.25, 0.3) is 0 Å². The third-order valence-corrected chi connectivity index (χ3v) is 4.67. The van der Waals surface area contributed by atoms with E-state index in [0.717, 1.165) is 17.3 Å². The summed E-state index contributed by atoms with van der Waals surface area (Å²) in [5, 5.41) is 12.4. The second-order valence-corrected chi connectivity index (χ2v) is 6.82. The Balaban J connectivity index is 1.77. The van der Waals surface area contributed by atoms with Crippen molar-refractivity contribution in [2.24, 2.45) is 0 Å². The predicted octanol–water partition coefficient (Wildman–Crippen LogP) is 4.20. The lowest BCUT2D eigenvalue weighted by Crippen LogP contribution is -2.10. The molecule has 0 N–H and O–H groups in total. The SMILES string of the molecule is Cc1ccc(OC(F)F)c(C(=O)CSc2nnnn2-c2ccc(Cl)cc2)c1. The molecule has 0 spiro atoms. The predicted molar refractivity (Wildman–Crippen MR) is 97.0 cm³/mol. The summed E-state index contributed by atoms with van der Waals surface area (Å²) in [4.78, 5) is 12.5. The molecule has 0 unspecified atom stereocenters. The van der Waals surface area contributed by atoms with Crippen molar-refractivity contribution in [1.82, 2.24) is 20.2 Å². The van der Waals surface area contributed by atoms with Gasteiger partial charge in [-0.1, -0.05) is 35.0 Å². The van der Waals surface area contributed by atoms with Crippen LogP contribution in [0.15, 0.2) is 47.6 Å². The number of halogens is 3. The minimum absolute atomic E-state index is 0.0446. The van der Waals surface area contributed by atoms with Gasteiger partial charge in [-0.15, -0.1) is 5.10 Å². The molecule has 0 amide bonds. The van der Waals surface area contributed by atoms with Crippen molar-refractivity contribution in [3.63, 3.8) is 0 Å². The minimum Gasteiger partial charge on any atom is -0.434 e. The van der Waals surface area contributed by atoms with E-state index in [1.165, 1.54) is 16.8 Å². The standard InChI is InChI=1S/C17H13ClF2N4O2S/c1-10-2-7-15(26-16(19)20)13(8-10)14(25)9-27-17-21-22-23-24(17)12-5-3-11(18)4-6-12/h2-8,16H,9H2,1H3. The largest absolute Gasteiger partial charge is 0.434 e. The van der Waals surface area contributed by atoms with Gasteiger partial charge in [0.1, 0.15) is 5.75 Å². The van der Waals surface area contributed by atoms with Gasteiger partial charge in [0.15, 0.2) is 5.78 Å². The van der Waals surface area contributed by atoms with E-state index in [1.54, 1.807) is 37.3 Å². The lowest BCUT2D eigenvalue weighted by molar-refractivity contribution is -0.0501. The molecule has 0 aliphatic carbocycles. The molecule has 0 bridgehead atoms. The summed E-state index contributed by atoms with van der Waals surface area (Å²) < 4.78 is 31.0. The summed E-state index contributed by atoms with van der Waals surface area (Å²) >= 11 is 6.96. The molecule has 1 heterocycles. The van der Waals surface area contributed by atoms with Crippen LogP contribution >= 0.6 is 23.4 Å². The normalized spacial score (nSPS) is 11.0. The van der Waals surface area contributed by atoms with Crippen molar-refractivity contribution in [2.45, 2.75) is 18.7 Å². The van der Waals surface area contributed by atoms with Crippen molar-refractivity contribution in [3.8, 4) is 11.4 Å². The number of hydrogen-bond donors (Lipinski definition) is 0. The van der Waals surface area contributed by atoms with Crippen LogP contribution in [0.2, 0.25) is 5.02 Å². The van der Waals surface area contributed by atoms with Crippen LogP contribution in [-0.4, -0.2) is 38.4 Å². The fourth-order valence-corrected chi connectivity index (χ4v) is 3.18. The van der Waals surface area contributed by atoms with Crippen LogP contribution in [0.5, 0.6) is 5.75 Å². The van der Waals surface area contributed by atoms with E-state index in [0.29, 0.717) is 15.9 Å². The molecule has 3 rings (SSSR count). The Bertz CT molecular complexity index is 950. The second kappa shape index (κ2) is 8.45. The van der Waals surface area contributed by atoms with Crippen LogP contribution in [0.1, 0.15) is 15.9 Å². The maximum Gasteiger partial charge on any atom is 0.387 e. The number of tetrazole rings is 1. The first-order chi connectivity index (χ1) is 12.9. The maximum absolute atomic E-state index is 12.6. The topological polar surface area (TPSA) is 69.9 Å². The molecule has 0 saturated heterocycles. The van der Waals surface area contributed by atoms with Gasteiger partial charge in [0, 0.05) is 5.02 Å². The number of carbonyl (C=O) groups excluding carboxylic acids is 1.